The largest absolute Gasteiger partial charge is 0.462 e. The number of rotatable bonds is 5. The number of amides is 1. The molecule has 1 saturated heterocycles. The Morgan fingerprint density at radius 1 is 1.00 bits per heavy atom. The van der Waals surface area contributed by atoms with E-state index in [0.717, 1.165) is 6.07 Å². The van der Waals surface area contributed by atoms with Crippen molar-refractivity contribution < 1.29 is 27.1 Å². The van der Waals surface area contributed by atoms with Crippen LogP contribution in [0.15, 0.2) is 53.4 Å². The zero-order valence-corrected chi connectivity index (χ0v) is 16.7. The standard InChI is InChI=1S/C20H21FN2O5S/c1-2-28-20(25)15-6-8-18(9-7-15)29(26,27)23-12-10-22(11-13-23)19(24)16-4-3-5-17(21)14-16/h3-9,14H,2,10-13H2,1H3. The summed E-state index contributed by atoms with van der Waals surface area (Å²) in [6.45, 7) is 2.59. The number of sulfonamides is 1. The first kappa shape index (κ1) is 20.9. The Labute approximate surface area is 168 Å². The molecule has 0 bridgehead atoms. The number of benzene rings is 2. The van der Waals surface area contributed by atoms with Crippen molar-refractivity contribution in [1.29, 1.82) is 0 Å². The van der Waals surface area contributed by atoms with Crippen molar-refractivity contribution >= 4 is 21.9 Å². The Balaban J connectivity index is 1.66. The molecule has 0 N–H and O–H groups in total. The molecule has 7 nitrogen and oxygen atoms in total. The van der Waals surface area contributed by atoms with Gasteiger partial charge in [-0.3, -0.25) is 4.79 Å². The average Bonchev–Trinajstić information content (AvgIpc) is 2.73. The van der Waals surface area contributed by atoms with Crippen LogP contribution in [0.2, 0.25) is 0 Å². The third kappa shape index (κ3) is 4.63. The number of halogens is 1. The van der Waals surface area contributed by atoms with Crippen molar-refractivity contribution in [2.45, 2.75) is 11.8 Å². The molecule has 2 aromatic carbocycles. The molecular formula is C20H21FN2O5S. The van der Waals surface area contributed by atoms with Gasteiger partial charge in [-0.25, -0.2) is 17.6 Å². The molecule has 29 heavy (non-hydrogen) atoms. The summed E-state index contributed by atoms with van der Waals surface area (Å²) in [5.74, 6) is -1.34. The van der Waals surface area contributed by atoms with Gasteiger partial charge in [0, 0.05) is 31.7 Å². The second-order valence-corrected chi connectivity index (χ2v) is 8.39. The number of hydrogen-bond acceptors (Lipinski definition) is 5. The molecule has 1 heterocycles. The van der Waals surface area contributed by atoms with E-state index in [0.29, 0.717) is 0 Å². The minimum Gasteiger partial charge on any atom is -0.462 e. The van der Waals surface area contributed by atoms with Gasteiger partial charge < -0.3 is 9.64 Å². The molecule has 154 valence electrons. The molecule has 0 radical (unpaired) electrons. The van der Waals surface area contributed by atoms with Crippen LogP contribution in [0, 0.1) is 5.82 Å². The molecule has 0 aromatic heterocycles. The molecule has 2 aromatic rings. The Hall–Kier alpha value is -2.78. The van der Waals surface area contributed by atoms with Gasteiger partial charge in [0.25, 0.3) is 5.91 Å². The molecule has 1 amide bonds. The number of carbonyl (C=O) groups is 2. The fourth-order valence-electron chi connectivity index (χ4n) is 3.06. The van der Waals surface area contributed by atoms with Crippen LogP contribution in [0.1, 0.15) is 27.6 Å². The van der Waals surface area contributed by atoms with Crippen LogP contribution in [0.25, 0.3) is 0 Å². The number of ether oxygens (including phenoxy) is 1. The van der Waals surface area contributed by atoms with Gasteiger partial charge in [0.2, 0.25) is 10.0 Å². The molecule has 0 unspecified atom stereocenters. The Bertz CT molecular complexity index is 1000. The number of piperazine rings is 1. The van der Waals surface area contributed by atoms with Gasteiger partial charge in [-0.15, -0.1) is 0 Å². The Morgan fingerprint density at radius 3 is 2.24 bits per heavy atom. The fraction of sp³-hybridized carbons (Fsp3) is 0.300. The lowest BCUT2D eigenvalue weighted by Crippen LogP contribution is -2.50. The molecule has 0 saturated carbocycles. The summed E-state index contributed by atoms with van der Waals surface area (Å²) in [5, 5.41) is 0. The first-order valence-electron chi connectivity index (χ1n) is 9.15. The lowest BCUT2D eigenvalue weighted by atomic mass is 10.2. The van der Waals surface area contributed by atoms with Crippen LogP contribution in [0.5, 0.6) is 0 Å². The first-order valence-corrected chi connectivity index (χ1v) is 10.6. The summed E-state index contributed by atoms with van der Waals surface area (Å²) >= 11 is 0. The van der Waals surface area contributed by atoms with E-state index in [1.54, 1.807) is 6.92 Å². The lowest BCUT2D eigenvalue weighted by Gasteiger charge is -2.34. The molecule has 0 aliphatic carbocycles. The van der Waals surface area contributed by atoms with Crippen molar-refractivity contribution in [3.8, 4) is 0 Å². The summed E-state index contributed by atoms with van der Waals surface area (Å²) < 4.78 is 45.2. The molecular weight excluding hydrogens is 399 g/mol. The van der Waals surface area contributed by atoms with E-state index in [9.17, 15) is 22.4 Å². The van der Waals surface area contributed by atoms with Crippen molar-refractivity contribution in [3.63, 3.8) is 0 Å². The maximum Gasteiger partial charge on any atom is 0.338 e. The fourth-order valence-corrected chi connectivity index (χ4v) is 4.48. The molecule has 1 aliphatic heterocycles. The van der Waals surface area contributed by atoms with E-state index >= 15 is 0 Å². The summed E-state index contributed by atoms with van der Waals surface area (Å²) in [6.07, 6.45) is 0. The van der Waals surface area contributed by atoms with Crippen LogP contribution in [0.3, 0.4) is 0 Å². The van der Waals surface area contributed by atoms with Crippen LogP contribution in [0.4, 0.5) is 4.39 Å². The minimum absolute atomic E-state index is 0.0652. The van der Waals surface area contributed by atoms with E-state index in [1.807, 2.05) is 0 Å². The highest BCUT2D eigenvalue weighted by Gasteiger charge is 2.30. The predicted octanol–water partition coefficient (Wildman–Crippen LogP) is 2.15. The quantitative estimate of drug-likeness (QED) is 0.692. The highest BCUT2D eigenvalue weighted by Crippen LogP contribution is 2.19. The Morgan fingerprint density at radius 2 is 1.66 bits per heavy atom. The van der Waals surface area contributed by atoms with Gasteiger partial charge in [0.05, 0.1) is 17.1 Å². The topological polar surface area (TPSA) is 84.0 Å². The molecule has 0 spiro atoms. The number of nitrogens with zero attached hydrogens (tertiary/aromatic N) is 2. The summed E-state index contributed by atoms with van der Waals surface area (Å²) in [7, 11) is -3.75. The van der Waals surface area contributed by atoms with Crippen LogP contribution in [-0.2, 0) is 14.8 Å². The molecule has 3 rings (SSSR count). The Kier molecular flexibility index (Phi) is 6.29. The molecule has 1 aliphatic rings. The second-order valence-electron chi connectivity index (χ2n) is 6.45. The normalized spacial score (nSPS) is 15.2. The maximum atomic E-state index is 13.3. The van der Waals surface area contributed by atoms with E-state index in [1.165, 1.54) is 51.7 Å². The van der Waals surface area contributed by atoms with Gasteiger partial charge in [-0.05, 0) is 49.4 Å². The van der Waals surface area contributed by atoms with Crippen LogP contribution >= 0.6 is 0 Å². The van der Waals surface area contributed by atoms with Crippen molar-refractivity contribution in [2.75, 3.05) is 32.8 Å². The number of carbonyl (C=O) groups excluding carboxylic acids is 2. The van der Waals surface area contributed by atoms with E-state index < -0.39 is 21.8 Å². The summed E-state index contributed by atoms with van der Waals surface area (Å²) in [4.78, 5) is 25.8. The third-order valence-electron chi connectivity index (χ3n) is 4.60. The van der Waals surface area contributed by atoms with Gasteiger partial charge in [-0.1, -0.05) is 6.07 Å². The zero-order valence-electron chi connectivity index (χ0n) is 15.9. The van der Waals surface area contributed by atoms with E-state index in [4.69, 9.17) is 4.74 Å². The summed E-state index contributed by atoms with van der Waals surface area (Å²) in [6, 6.07) is 11.0. The smallest absolute Gasteiger partial charge is 0.338 e. The van der Waals surface area contributed by atoms with Crippen molar-refractivity contribution in [2.24, 2.45) is 0 Å². The highest BCUT2D eigenvalue weighted by atomic mass is 32.2. The third-order valence-corrected chi connectivity index (χ3v) is 6.51. The summed E-state index contributed by atoms with van der Waals surface area (Å²) in [5.41, 5.74) is 0.507. The predicted molar refractivity (Wildman–Crippen MR) is 103 cm³/mol. The molecule has 0 atom stereocenters. The van der Waals surface area contributed by atoms with Crippen molar-refractivity contribution in [1.82, 2.24) is 9.21 Å². The first-order chi connectivity index (χ1) is 13.8. The van der Waals surface area contributed by atoms with Gasteiger partial charge in [0.15, 0.2) is 0 Å². The van der Waals surface area contributed by atoms with Crippen LogP contribution in [-0.4, -0.2) is 62.3 Å². The zero-order chi connectivity index (χ0) is 21.0. The van der Waals surface area contributed by atoms with Gasteiger partial charge in [0.1, 0.15) is 5.82 Å². The highest BCUT2D eigenvalue weighted by molar-refractivity contribution is 7.89. The van der Waals surface area contributed by atoms with Gasteiger partial charge >= 0.3 is 5.97 Å². The van der Waals surface area contributed by atoms with Crippen molar-refractivity contribution in [3.05, 3.63) is 65.5 Å². The molecule has 1 fully saturated rings. The monoisotopic (exact) mass is 420 g/mol. The number of hydrogen-bond donors (Lipinski definition) is 0. The average molecular weight is 420 g/mol. The number of esters is 1. The minimum atomic E-state index is -3.75. The van der Waals surface area contributed by atoms with E-state index in [2.05, 4.69) is 0 Å². The van der Waals surface area contributed by atoms with Crippen LogP contribution < -0.4 is 0 Å². The lowest BCUT2D eigenvalue weighted by molar-refractivity contribution is 0.0526. The SMILES string of the molecule is CCOC(=O)c1ccc(S(=O)(=O)N2CCN(C(=O)c3cccc(F)c3)CC2)cc1. The second kappa shape index (κ2) is 8.71. The van der Waals surface area contributed by atoms with Gasteiger partial charge in [-0.2, -0.15) is 4.31 Å². The van der Waals surface area contributed by atoms with E-state index in [-0.39, 0.29) is 54.7 Å². The molecule has 9 heteroatoms. The maximum absolute atomic E-state index is 13.3.